The van der Waals surface area contributed by atoms with E-state index in [1.54, 1.807) is 30.7 Å². The van der Waals surface area contributed by atoms with Crippen LogP contribution in [0.25, 0.3) is 0 Å². The molecule has 0 saturated heterocycles. The van der Waals surface area contributed by atoms with Gasteiger partial charge in [0.25, 0.3) is 0 Å². The molecule has 7 nitrogen and oxygen atoms in total. The number of imidazole rings is 1. The maximum absolute atomic E-state index is 13.9. The summed E-state index contributed by atoms with van der Waals surface area (Å²) in [6.07, 6.45) is 0.593. The van der Waals surface area contributed by atoms with Gasteiger partial charge in [0.05, 0.1) is 35.6 Å². The van der Waals surface area contributed by atoms with E-state index in [0.29, 0.717) is 24.3 Å². The van der Waals surface area contributed by atoms with Crippen LogP contribution in [0.2, 0.25) is 0 Å². The SMILES string of the molecule is CCCCCNC(=S)N(Cc1ccccc1C(F)(F)F)C(N)[C@@H](C(=O)Cc1cncn1Cc1ccc(C#N)cc1)C(C)C. The van der Waals surface area contributed by atoms with Crippen LogP contribution in [0, 0.1) is 23.2 Å². The quantitative estimate of drug-likeness (QED) is 0.130. The lowest BCUT2D eigenvalue weighted by Gasteiger charge is -2.38. The van der Waals surface area contributed by atoms with Gasteiger partial charge in [0.15, 0.2) is 5.11 Å². The smallest absolute Gasteiger partial charge is 0.363 e. The summed E-state index contributed by atoms with van der Waals surface area (Å²) in [6, 6.07) is 14.6. The van der Waals surface area contributed by atoms with Crippen LogP contribution in [0.15, 0.2) is 61.1 Å². The third-order valence-corrected chi connectivity index (χ3v) is 7.77. The third-order valence-electron chi connectivity index (χ3n) is 7.39. The first-order chi connectivity index (χ1) is 20.5. The van der Waals surface area contributed by atoms with Crippen LogP contribution in [0.5, 0.6) is 0 Å². The molecule has 1 unspecified atom stereocenters. The van der Waals surface area contributed by atoms with Gasteiger partial charge in [-0.05, 0) is 53.9 Å². The molecule has 2 atom stereocenters. The second-order valence-electron chi connectivity index (χ2n) is 10.9. The van der Waals surface area contributed by atoms with Gasteiger partial charge >= 0.3 is 6.18 Å². The largest absolute Gasteiger partial charge is 0.416 e. The molecule has 230 valence electrons. The highest BCUT2D eigenvalue weighted by atomic mass is 32.1. The first-order valence-corrected chi connectivity index (χ1v) is 14.8. The average Bonchev–Trinajstić information content (AvgIpc) is 3.39. The van der Waals surface area contributed by atoms with Crippen LogP contribution in [-0.4, -0.2) is 38.1 Å². The summed E-state index contributed by atoms with van der Waals surface area (Å²) in [5.41, 5.74) is 8.21. The van der Waals surface area contributed by atoms with E-state index >= 15 is 0 Å². The van der Waals surface area contributed by atoms with E-state index in [4.69, 9.17) is 23.2 Å². The molecule has 1 aromatic heterocycles. The number of carbonyl (C=O) groups is 1. The van der Waals surface area contributed by atoms with Crippen molar-refractivity contribution in [2.24, 2.45) is 17.6 Å². The number of hydrogen-bond acceptors (Lipinski definition) is 5. The average molecular weight is 613 g/mol. The monoisotopic (exact) mass is 612 g/mol. The molecule has 2 aromatic carbocycles. The number of rotatable bonds is 14. The Labute approximate surface area is 256 Å². The minimum atomic E-state index is -4.55. The summed E-state index contributed by atoms with van der Waals surface area (Å²) in [4.78, 5) is 19.6. The fourth-order valence-corrected chi connectivity index (χ4v) is 5.36. The Balaban J connectivity index is 1.87. The molecule has 0 amide bonds. The highest BCUT2D eigenvalue weighted by Crippen LogP contribution is 2.33. The van der Waals surface area contributed by atoms with Crippen LogP contribution in [0.4, 0.5) is 13.2 Å². The highest BCUT2D eigenvalue weighted by Gasteiger charge is 2.37. The van der Waals surface area contributed by atoms with Crippen LogP contribution in [-0.2, 0) is 30.5 Å². The van der Waals surface area contributed by atoms with Crippen LogP contribution in [0.3, 0.4) is 0 Å². The Kier molecular flexibility index (Phi) is 12.3. The van der Waals surface area contributed by atoms with Crippen molar-refractivity contribution in [3.63, 3.8) is 0 Å². The zero-order valence-electron chi connectivity index (χ0n) is 24.8. The maximum Gasteiger partial charge on any atom is 0.416 e. The lowest BCUT2D eigenvalue weighted by atomic mass is 9.86. The summed E-state index contributed by atoms with van der Waals surface area (Å²) < 4.78 is 43.5. The molecule has 0 aliphatic heterocycles. The highest BCUT2D eigenvalue weighted by molar-refractivity contribution is 7.80. The van der Waals surface area contributed by atoms with Crippen molar-refractivity contribution in [3.05, 3.63) is 89.0 Å². The Bertz CT molecular complexity index is 1400. The Morgan fingerprint density at radius 1 is 1.16 bits per heavy atom. The molecule has 3 aromatic rings. The van der Waals surface area contributed by atoms with Crippen LogP contribution < -0.4 is 11.1 Å². The number of carbonyl (C=O) groups excluding carboxylic acids is 1. The summed E-state index contributed by atoms with van der Waals surface area (Å²) in [7, 11) is 0. The number of nitriles is 1. The van der Waals surface area contributed by atoms with Crippen molar-refractivity contribution >= 4 is 23.1 Å². The molecule has 1 heterocycles. The maximum atomic E-state index is 13.9. The first-order valence-electron chi connectivity index (χ1n) is 14.4. The lowest BCUT2D eigenvalue weighted by Crippen LogP contribution is -2.56. The molecular formula is C32H39F3N6OS. The van der Waals surface area contributed by atoms with Crippen LogP contribution >= 0.6 is 12.2 Å². The molecule has 0 aliphatic rings. The van der Waals surface area contributed by atoms with Crippen molar-refractivity contribution in [1.29, 1.82) is 5.26 Å². The number of thiocarbonyl (C=S) groups is 1. The van der Waals surface area contributed by atoms with E-state index in [1.807, 2.05) is 30.5 Å². The number of Topliss-reactive ketones (excluding diaryl/α,β-unsaturated/α-hetero) is 1. The van der Waals surface area contributed by atoms with E-state index in [0.717, 1.165) is 30.9 Å². The Morgan fingerprint density at radius 3 is 2.49 bits per heavy atom. The van der Waals surface area contributed by atoms with E-state index in [9.17, 15) is 18.0 Å². The van der Waals surface area contributed by atoms with Crippen molar-refractivity contribution in [3.8, 4) is 6.07 Å². The number of aromatic nitrogens is 2. The van der Waals surface area contributed by atoms with Gasteiger partial charge in [0.1, 0.15) is 5.78 Å². The summed E-state index contributed by atoms with van der Waals surface area (Å²) in [6.45, 7) is 6.62. The van der Waals surface area contributed by atoms with Gasteiger partial charge in [-0.1, -0.05) is 63.9 Å². The number of halogens is 3. The molecule has 0 saturated carbocycles. The number of nitrogens with zero attached hydrogens (tertiary/aromatic N) is 4. The number of nitrogens with one attached hydrogen (secondary N) is 1. The topological polar surface area (TPSA) is 100.0 Å². The van der Waals surface area contributed by atoms with E-state index in [-0.39, 0.29) is 35.3 Å². The molecule has 3 N–H and O–H groups in total. The number of nitrogens with two attached hydrogens (primary N) is 1. The van der Waals surface area contributed by atoms with Gasteiger partial charge in [-0.3, -0.25) is 4.79 Å². The molecule has 43 heavy (non-hydrogen) atoms. The minimum absolute atomic E-state index is 0.0265. The summed E-state index contributed by atoms with van der Waals surface area (Å²) >= 11 is 5.67. The number of hydrogen-bond donors (Lipinski definition) is 2. The van der Waals surface area contributed by atoms with Crippen LogP contribution in [0.1, 0.15) is 68.0 Å². The van der Waals surface area contributed by atoms with Crippen molar-refractivity contribution < 1.29 is 18.0 Å². The normalized spacial score (nSPS) is 12.9. The van der Waals surface area contributed by atoms with Crippen molar-refractivity contribution in [1.82, 2.24) is 19.8 Å². The molecule has 0 aliphatic carbocycles. The molecule has 3 rings (SSSR count). The summed E-state index contributed by atoms with van der Waals surface area (Å²) in [5, 5.41) is 12.4. The second-order valence-corrected chi connectivity index (χ2v) is 11.3. The number of benzene rings is 2. The fraction of sp³-hybridized carbons (Fsp3) is 0.438. The predicted molar refractivity (Wildman–Crippen MR) is 165 cm³/mol. The molecule has 0 radical (unpaired) electrons. The van der Waals surface area contributed by atoms with Gasteiger partial charge in [0.2, 0.25) is 0 Å². The summed E-state index contributed by atoms with van der Waals surface area (Å²) in [5.74, 6) is -1.11. The molecule has 11 heteroatoms. The molecule has 0 spiro atoms. The van der Waals surface area contributed by atoms with Gasteiger partial charge in [0, 0.05) is 37.9 Å². The first kappa shape index (κ1) is 33.7. The van der Waals surface area contributed by atoms with Gasteiger partial charge < -0.3 is 20.5 Å². The number of ketones is 1. The van der Waals surface area contributed by atoms with Gasteiger partial charge in [-0.2, -0.15) is 18.4 Å². The van der Waals surface area contributed by atoms with E-state index in [1.165, 1.54) is 17.0 Å². The predicted octanol–water partition coefficient (Wildman–Crippen LogP) is 6.06. The molecule has 0 bridgehead atoms. The van der Waals surface area contributed by atoms with Crippen molar-refractivity contribution in [2.75, 3.05) is 6.54 Å². The minimum Gasteiger partial charge on any atom is -0.363 e. The lowest BCUT2D eigenvalue weighted by molar-refractivity contribution is -0.138. The second kappa shape index (κ2) is 15.6. The third kappa shape index (κ3) is 9.37. The molecular weight excluding hydrogens is 573 g/mol. The zero-order valence-corrected chi connectivity index (χ0v) is 25.6. The van der Waals surface area contributed by atoms with Crippen molar-refractivity contribution in [2.45, 2.75) is 71.9 Å². The Morgan fingerprint density at radius 2 is 1.86 bits per heavy atom. The fourth-order valence-electron chi connectivity index (χ4n) is 5.07. The van der Waals surface area contributed by atoms with E-state index < -0.39 is 23.8 Å². The molecule has 0 fully saturated rings. The Hall–Kier alpha value is -3.75. The standard InChI is InChI=1S/C32H39F3N6OS/c1-4-5-8-15-39-31(43)41(20-25-9-6-7-10-27(25)32(33,34)35)30(37)29(22(2)3)28(42)16-26-18-38-21-40(26)19-24-13-11-23(17-36)12-14-24/h6-7,9-14,18,21-22,29-30H,4-5,8,15-16,19-20,37H2,1-3H3,(H,39,43)/t29-,30?/m1/s1. The van der Waals surface area contributed by atoms with Gasteiger partial charge in [-0.15, -0.1) is 0 Å². The van der Waals surface area contributed by atoms with E-state index in [2.05, 4.69) is 23.3 Å². The number of unbranched alkanes of at least 4 members (excludes halogenated alkanes) is 2. The van der Waals surface area contributed by atoms with Gasteiger partial charge in [-0.25, -0.2) is 4.98 Å². The number of alkyl halides is 3. The zero-order chi connectivity index (χ0) is 31.6.